The molecule has 0 radical (unpaired) electrons. The minimum Gasteiger partial charge on any atom is -0.348 e. The van der Waals surface area contributed by atoms with Crippen LogP contribution >= 0.6 is 0 Å². The number of aromatic nitrogens is 4. The monoisotopic (exact) mass is 543 g/mol. The van der Waals surface area contributed by atoms with Crippen LogP contribution in [0, 0.1) is 5.92 Å². The summed E-state index contributed by atoms with van der Waals surface area (Å²) in [6, 6.07) is 9.66. The third-order valence-corrected chi connectivity index (χ3v) is 8.50. The van der Waals surface area contributed by atoms with Gasteiger partial charge in [-0.3, -0.25) is 14.3 Å². The lowest BCUT2D eigenvalue weighted by atomic mass is 9.94. The Balaban J connectivity index is 1.29. The van der Waals surface area contributed by atoms with Crippen LogP contribution in [0.2, 0.25) is 0 Å². The second-order valence-electron chi connectivity index (χ2n) is 11.6. The lowest BCUT2D eigenvalue weighted by molar-refractivity contribution is -0.127. The van der Waals surface area contributed by atoms with E-state index in [4.69, 9.17) is 0 Å². The molecule has 3 heterocycles. The topological polar surface area (TPSA) is 96.3 Å². The van der Waals surface area contributed by atoms with E-state index in [2.05, 4.69) is 70.0 Å². The number of hydrogen-bond acceptors (Lipinski definition) is 7. The van der Waals surface area contributed by atoms with E-state index in [1.165, 1.54) is 37.1 Å². The highest BCUT2D eigenvalue weighted by Gasteiger charge is 2.33. The number of benzene rings is 1. The van der Waals surface area contributed by atoms with Gasteiger partial charge < -0.3 is 10.2 Å². The molecule has 0 spiro atoms. The molecule has 1 amide bonds. The summed E-state index contributed by atoms with van der Waals surface area (Å²) in [4.78, 5) is 41.9. The number of piperidine rings is 1. The Labute approximate surface area is 236 Å². The third-order valence-electron chi connectivity index (χ3n) is 8.50. The number of carbonyl (C=O) groups excluding carboxylic acids is 1. The van der Waals surface area contributed by atoms with E-state index in [0.717, 1.165) is 42.8 Å². The van der Waals surface area contributed by atoms with Gasteiger partial charge in [0.25, 0.3) is 0 Å². The van der Waals surface area contributed by atoms with Gasteiger partial charge in [-0.15, -0.1) is 0 Å². The number of nitrogens with one attached hydrogen (secondary N) is 1. The Hall–Kier alpha value is -3.59. The molecular formula is C31H41N7O2. The molecule has 2 aliphatic rings. The zero-order valence-electron chi connectivity index (χ0n) is 24.1. The molecule has 1 saturated heterocycles. The van der Waals surface area contributed by atoms with Crippen molar-refractivity contribution in [1.82, 2.24) is 29.3 Å². The van der Waals surface area contributed by atoms with Crippen LogP contribution < -0.4 is 11.0 Å². The van der Waals surface area contributed by atoms with Gasteiger partial charge in [-0.2, -0.15) is 4.98 Å². The van der Waals surface area contributed by atoms with Crippen LogP contribution in [0.3, 0.4) is 0 Å². The highest BCUT2D eigenvalue weighted by atomic mass is 16.2. The number of anilines is 1. The molecule has 1 unspecified atom stereocenters. The van der Waals surface area contributed by atoms with E-state index < -0.39 is 0 Å². The standard InChI is InChI=1S/C31H41N7O2/c1-6-28(39)37-15-13-26(14-16-37)36(5)27(17-22-7-8-22)24-11-9-23(10-12-24)21(4)34-30-32-18-25-19-33-31(40)38(20(2)3)29(25)35-30/h6,9-12,18-22,26-27H,1,7-8,13-17H2,2-5H3,(H,32,34,35)/t21-,27?/m0/s1. The molecule has 40 heavy (non-hydrogen) atoms. The summed E-state index contributed by atoms with van der Waals surface area (Å²) in [6.07, 6.45) is 10.5. The van der Waals surface area contributed by atoms with E-state index >= 15 is 0 Å². The van der Waals surface area contributed by atoms with Gasteiger partial charge in [0.05, 0.1) is 11.4 Å². The maximum atomic E-state index is 12.3. The molecule has 1 aromatic carbocycles. The zero-order valence-corrected chi connectivity index (χ0v) is 24.1. The fourth-order valence-electron chi connectivity index (χ4n) is 5.85. The molecule has 2 atom stereocenters. The third kappa shape index (κ3) is 6.09. The SMILES string of the molecule is C=CC(=O)N1CCC(N(C)C(CC2CC2)c2ccc([C@H](C)Nc3ncc4cnc(=O)n(C(C)C)c4n3)cc2)CC1. The van der Waals surface area contributed by atoms with Crippen molar-refractivity contribution < 1.29 is 4.79 Å². The van der Waals surface area contributed by atoms with E-state index in [0.29, 0.717) is 23.7 Å². The minimum atomic E-state index is -0.308. The van der Waals surface area contributed by atoms with Crippen LogP contribution in [0.4, 0.5) is 5.95 Å². The van der Waals surface area contributed by atoms with Crippen molar-refractivity contribution in [2.45, 2.75) is 77.0 Å². The molecule has 1 aliphatic heterocycles. The van der Waals surface area contributed by atoms with Gasteiger partial charge in [-0.1, -0.05) is 43.7 Å². The molecule has 1 saturated carbocycles. The van der Waals surface area contributed by atoms with Crippen LogP contribution in [0.25, 0.3) is 11.0 Å². The van der Waals surface area contributed by atoms with Crippen molar-refractivity contribution in [3.05, 3.63) is 70.9 Å². The Kier molecular flexibility index (Phi) is 8.30. The molecule has 2 fully saturated rings. The predicted molar refractivity (Wildman–Crippen MR) is 158 cm³/mol. The maximum Gasteiger partial charge on any atom is 0.349 e. The largest absolute Gasteiger partial charge is 0.349 e. The lowest BCUT2D eigenvalue weighted by Crippen LogP contribution is -2.46. The number of nitrogens with zero attached hydrogens (tertiary/aromatic N) is 6. The molecule has 1 aliphatic carbocycles. The van der Waals surface area contributed by atoms with E-state index in [-0.39, 0.29) is 23.7 Å². The Morgan fingerprint density at radius 3 is 2.35 bits per heavy atom. The van der Waals surface area contributed by atoms with Crippen molar-refractivity contribution in [2.75, 3.05) is 25.5 Å². The van der Waals surface area contributed by atoms with Gasteiger partial charge in [-0.25, -0.2) is 14.8 Å². The van der Waals surface area contributed by atoms with E-state index in [1.807, 2.05) is 18.7 Å². The Morgan fingerprint density at radius 2 is 1.73 bits per heavy atom. The van der Waals surface area contributed by atoms with Crippen molar-refractivity contribution in [3.8, 4) is 0 Å². The number of likely N-dealkylation sites (tertiary alicyclic amines) is 1. The average molecular weight is 544 g/mol. The maximum absolute atomic E-state index is 12.3. The molecule has 0 bridgehead atoms. The van der Waals surface area contributed by atoms with Crippen LogP contribution in [0.1, 0.15) is 82.1 Å². The molecule has 2 aromatic heterocycles. The first-order chi connectivity index (χ1) is 19.2. The molecule has 9 nitrogen and oxygen atoms in total. The number of hydrogen-bond donors (Lipinski definition) is 1. The summed E-state index contributed by atoms with van der Waals surface area (Å²) in [6.45, 7) is 11.2. The number of carbonyl (C=O) groups is 1. The highest BCUT2D eigenvalue weighted by Crippen LogP contribution is 2.41. The second kappa shape index (κ2) is 11.9. The molecule has 9 heteroatoms. The fourth-order valence-corrected chi connectivity index (χ4v) is 5.85. The first-order valence-corrected chi connectivity index (χ1v) is 14.5. The van der Waals surface area contributed by atoms with Crippen LogP contribution in [0.15, 0.2) is 54.1 Å². The average Bonchev–Trinajstić information content (AvgIpc) is 3.79. The van der Waals surface area contributed by atoms with Crippen molar-refractivity contribution in [2.24, 2.45) is 5.92 Å². The molecule has 3 aromatic rings. The zero-order chi connectivity index (χ0) is 28.4. The first-order valence-electron chi connectivity index (χ1n) is 14.5. The van der Waals surface area contributed by atoms with Crippen molar-refractivity contribution in [1.29, 1.82) is 0 Å². The summed E-state index contributed by atoms with van der Waals surface area (Å²) >= 11 is 0. The van der Waals surface area contributed by atoms with Gasteiger partial charge in [0.15, 0.2) is 5.65 Å². The van der Waals surface area contributed by atoms with Gasteiger partial charge in [0.2, 0.25) is 11.9 Å². The number of fused-ring (bicyclic) bond motifs is 1. The summed E-state index contributed by atoms with van der Waals surface area (Å²) in [7, 11) is 2.25. The van der Waals surface area contributed by atoms with Crippen molar-refractivity contribution in [3.63, 3.8) is 0 Å². The Bertz CT molecular complexity index is 1410. The van der Waals surface area contributed by atoms with E-state index in [9.17, 15) is 9.59 Å². The van der Waals surface area contributed by atoms with Crippen LogP contribution in [0.5, 0.6) is 0 Å². The van der Waals surface area contributed by atoms with Crippen LogP contribution in [-0.4, -0.2) is 61.4 Å². The first kappa shape index (κ1) is 28.0. The summed E-state index contributed by atoms with van der Waals surface area (Å²) in [5, 5.41) is 4.15. The highest BCUT2D eigenvalue weighted by molar-refractivity contribution is 5.87. The normalized spacial score (nSPS) is 17.8. The van der Waals surface area contributed by atoms with Gasteiger partial charge >= 0.3 is 5.69 Å². The molecule has 212 valence electrons. The summed E-state index contributed by atoms with van der Waals surface area (Å²) in [5.74, 6) is 1.32. The van der Waals surface area contributed by atoms with Crippen LogP contribution in [-0.2, 0) is 4.79 Å². The second-order valence-corrected chi connectivity index (χ2v) is 11.6. The summed E-state index contributed by atoms with van der Waals surface area (Å²) in [5.41, 5.74) is 2.76. The van der Waals surface area contributed by atoms with Gasteiger partial charge in [0.1, 0.15) is 0 Å². The Morgan fingerprint density at radius 1 is 1.07 bits per heavy atom. The molecular weight excluding hydrogens is 502 g/mol. The van der Waals surface area contributed by atoms with Crippen molar-refractivity contribution >= 4 is 22.9 Å². The van der Waals surface area contributed by atoms with E-state index in [1.54, 1.807) is 10.8 Å². The fraction of sp³-hybridized carbons (Fsp3) is 0.516. The number of rotatable bonds is 10. The molecule has 1 N–H and O–H groups in total. The molecule has 5 rings (SSSR count). The quantitative estimate of drug-likeness (QED) is 0.364. The minimum absolute atomic E-state index is 0.0149. The summed E-state index contributed by atoms with van der Waals surface area (Å²) < 4.78 is 1.60. The smallest absolute Gasteiger partial charge is 0.348 e. The van der Waals surface area contributed by atoms with Gasteiger partial charge in [-0.05, 0) is 70.2 Å². The van der Waals surface area contributed by atoms with Gasteiger partial charge in [0, 0.05) is 43.6 Å². The lowest BCUT2D eigenvalue weighted by Gasteiger charge is -2.40. The predicted octanol–water partition coefficient (Wildman–Crippen LogP) is 4.89. The number of amides is 1.